The van der Waals surface area contributed by atoms with Gasteiger partial charge >= 0.3 is 5.97 Å². The summed E-state index contributed by atoms with van der Waals surface area (Å²) >= 11 is 0. The monoisotopic (exact) mass is 243 g/mol. The highest BCUT2D eigenvalue weighted by Gasteiger charge is 2.29. The van der Waals surface area contributed by atoms with E-state index in [4.69, 9.17) is 9.84 Å². The van der Waals surface area contributed by atoms with Crippen molar-refractivity contribution >= 4 is 11.7 Å². The third-order valence-corrected chi connectivity index (χ3v) is 2.25. The zero-order valence-corrected chi connectivity index (χ0v) is 9.53. The van der Waals surface area contributed by atoms with Crippen molar-refractivity contribution in [3.63, 3.8) is 0 Å². The van der Waals surface area contributed by atoms with Crippen molar-refractivity contribution in [1.82, 2.24) is 0 Å². The van der Waals surface area contributed by atoms with E-state index in [-0.39, 0.29) is 12.3 Å². The maximum atomic E-state index is 13.3. The molecule has 0 aliphatic carbocycles. The van der Waals surface area contributed by atoms with Crippen molar-refractivity contribution < 1.29 is 24.1 Å². The van der Waals surface area contributed by atoms with E-state index >= 15 is 0 Å². The fourth-order valence-corrected chi connectivity index (χ4v) is 1.13. The summed E-state index contributed by atoms with van der Waals surface area (Å²) in [5.74, 6) is -1.81. The van der Waals surface area contributed by atoms with E-state index in [1.807, 2.05) is 0 Å². The topological polar surface area (TPSA) is 78.8 Å². The van der Waals surface area contributed by atoms with Crippen molar-refractivity contribution in [3.05, 3.63) is 24.0 Å². The Bertz CT molecular complexity index is 420. The number of aliphatic carboxylic acids is 1. The minimum absolute atomic E-state index is 0.0977. The van der Waals surface area contributed by atoms with Gasteiger partial charge in [-0.25, -0.2) is 9.18 Å². The van der Waals surface area contributed by atoms with Crippen molar-refractivity contribution in [2.24, 2.45) is 0 Å². The lowest BCUT2D eigenvalue weighted by Gasteiger charge is -2.19. The largest absolute Gasteiger partial charge is 0.494 e. The molecule has 1 aromatic carbocycles. The Labute approximate surface area is 97.8 Å². The number of nitrogens with one attached hydrogen (secondary N) is 1. The van der Waals surface area contributed by atoms with Gasteiger partial charge in [-0.15, -0.1) is 0 Å². The van der Waals surface area contributed by atoms with E-state index in [9.17, 15) is 14.3 Å². The van der Waals surface area contributed by atoms with Crippen molar-refractivity contribution in [3.8, 4) is 5.75 Å². The Morgan fingerprint density at radius 1 is 1.59 bits per heavy atom. The molecule has 1 atom stereocenters. The Morgan fingerprint density at radius 3 is 2.71 bits per heavy atom. The standard InChI is InChI=1S/C11H14FNO4/c1-11(16,10(14)15)6-13-7-3-4-9(17-2)8(12)5-7/h3-5,13,16H,6H2,1-2H3,(H,14,15). The first kappa shape index (κ1) is 13.2. The number of carboxylic acids is 1. The van der Waals surface area contributed by atoms with Crippen LogP contribution in [0.2, 0.25) is 0 Å². The van der Waals surface area contributed by atoms with Gasteiger partial charge in [-0.2, -0.15) is 0 Å². The second-order valence-electron chi connectivity index (χ2n) is 3.78. The number of methoxy groups -OCH3 is 1. The highest BCUT2D eigenvalue weighted by Crippen LogP contribution is 2.21. The number of rotatable bonds is 5. The number of aliphatic hydroxyl groups is 1. The minimum Gasteiger partial charge on any atom is -0.494 e. The molecular weight excluding hydrogens is 229 g/mol. The molecule has 0 spiro atoms. The Morgan fingerprint density at radius 2 is 2.24 bits per heavy atom. The number of ether oxygens (including phenoxy) is 1. The molecule has 0 radical (unpaired) electrons. The van der Waals surface area contributed by atoms with Gasteiger partial charge in [0.25, 0.3) is 0 Å². The fourth-order valence-electron chi connectivity index (χ4n) is 1.13. The quantitative estimate of drug-likeness (QED) is 0.721. The van der Waals surface area contributed by atoms with Gasteiger partial charge in [-0.3, -0.25) is 0 Å². The summed E-state index contributed by atoms with van der Waals surface area (Å²) in [4.78, 5) is 10.6. The van der Waals surface area contributed by atoms with Crippen LogP contribution in [0.3, 0.4) is 0 Å². The van der Waals surface area contributed by atoms with E-state index < -0.39 is 17.4 Å². The Hall–Kier alpha value is -1.82. The molecule has 5 nitrogen and oxygen atoms in total. The third-order valence-electron chi connectivity index (χ3n) is 2.25. The number of hydrogen-bond acceptors (Lipinski definition) is 4. The number of halogens is 1. The molecular formula is C11H14FNO4. The van der Waals surface area contributed by atoms with Gasteiger partial charge in [-0.1, -0.05) is 0 Å². The van der Waals surface area contributed by atoms with Crippen LogP contribution >= 0.6 is 0 Å². The maximum Gasteiger partial charge on any atom is 0.337 e. The Kier molecular flexibility index (Phi) is 3.90. The molecule has 0 aliphatic rings. The molecule has 0 aliphatic heterocycles. The lowest BCUT2D eigenvalue weighted by molar-refractivity contribution is -0.155. The highest BCUT2D eigenvalue weighted by molar-refractivity contribution is 5.77. The number of carboxylic acid groups (broad SMARTS) is 1. The molecule has 6 heteroatoms. The van der Waals surface area contributed by atoms with E-state index in [2.05, 4.69) is 5.32 Å². The lowest BCUT2D eigenvalue weighted by atomic mass is 10.1. The van der Waals surface area contributed by atoms with Gasteiger partial charge in [0.05, 0.1) is 13.7 Å². The van der Waals surface area contributed by atoms with E-state index in [1.54, 1.807) is 0 Å². The molecule has 94 valence electrons. The zero-order valence-electron chi connectivity index (χ0n) is 9.53. The van der Waals surface area contributed by atoms with Gasteiger partial charge in [0, 0.05) is 11.8 Å². The summed E-state index contributed by atoms with van der Waals surface area (Å²) in [5, 5.41) is 20.7. The van der Waals surface area contributed by atoms with Gasteiger partial charge in [0.2, 0.25) is 0 Å². The van der Waals surface area contributed by atoms with E-state index in [1.165, 1.54) is 19.2 Å². The van der Waals surface area contributed by atoms with Gasteiger partial charge < -0.3 is 20.3 Å². The third kappa shape index (κ3) is 3.32. The SMILES string of the molecule is COc1ccc(NCC(C)(O)C(=O)O)cc1F. The van der Waals surface area contributed by atoms with E-state index in [0.29, 0.717) is 5.69 Å². The molecule has 0 fully saturated rings. The molecule has 0 heterocycles. The van der Waals surface area contributed by atoms with Crippen LogP contribution in [0, 0.1) is 5.82 Å². The van der Waals surface area contributed by atoms with Crippen LogP contribution in [0.1, 0.15) is 6.92 Å². The Balaban J connectivity index is 2.71. The number of hydrogen-bond donors (Lipinski definition) is 3. The summed E-state index contributed by atoms with van der Waals surface area (Å²) in [6.07, 6.45) is 0. The van der Waals surface area contributed by atoms with Gasteiger partial charge in [0.15, 0.2) is 17.2 Å². The minimum atomic E-state index is -1.91. The summed E-state index contributed by atoms with van der Waals surface area (Å²) < 4.78 is 18.0. The van der Waals surface area contributed by atoms with Gasteiger partial charge in [-0.05, 0) is 19.1 Å². The van der Waals surface area contributed by atoms with E-state index in [0.717, 1.165) is 13.0 Å². The van der Waals surface area contributed by atoms with Crippen molar-refractivity contribution in [1.29, 1.82) is 0 Å². The van der Waals surface area contributed by atoms with Crippen LogP contribution in [-0.2, 0) is 4.79 Å². The van der Waals surface area contributed by atoms with Crippen LogP contribution in [0.25, 0.3) is 0 Å². The average molecular weight is 243 g/mol. The number of benzene rings is 1. The molecule has 1 aromatic rings. The molecule has 1 unspecified atom stereocenters. The molecule has 0 aromatic heterocycles. The molecule has 0 saturated heterocycles. The van der Waals surface area contributed by atoms with Crippen molar-refractivity contribution in [2.75, 3.05) is 19.0 Å². The predicted molar refractivity (Wildman–Crippen MR) is 59.7 cm³/mol. The van der Waals surface area contributed by atoms with Crippen LogP contribution in [0.15, 0.2) is 18.2 Å². The van der Waals surface area contributed by atoms with Crippen LogP contribution in [0.4, 0.5) is 10.1 Å². The maximum absolute atomic E-state index is 13.3. The second-order valence-corrected chi connectivity index (χ2v) is 3.78. The van der Waals surface area contributed by atoms with Gasteiger partial charge in [0.1, 0.15) is 0 Å². The zero-order chi connectivity index (χ0) is 13.1. The van der Waals surface area contributed by atoms with Crippen molar-refractivity contribution in [2.45, 2.75) is 12.5 Å². The molecule has 0 saturated carbocycles. The lowest BCUT2D eigenvalue weighted by Crippen LogP contribution is -2.41. The first-order chi connectivity index (χ1) is 7.86. The second kappa shape index (κ2) is 5.01. The average Bonchev–Trinajstić information content (AvgIpc) is 2.26. The van der Waals surface area contributed by atoms with Crippen LogP contribution < -0.4 is 10.1 Å². The summed E-state index contributed by atoms with van der Waals surface area (Å²) in [6, 6.07) is 4.10. The fraction of sp³-hybridized carbons (Fsp3) is 0.364. The normalized spacial score (nSPS) is 13.9. The smallest absolute Gasteiger partial charge is 0.337 e. The number of anilines is 1. The first-order valence-electron chi connectivity index (χ1n) is 4.90. The first-order valence-corrected chi connectivity index (χ1v) is 4.90. The number of carbonyl (C=O) groups is 1. The molecule has 0 amide bonds. The molecule has 3 N–H and O–H groups in total. The summed E-state index contributed by atoms with van der Waals surface area (Å²) in [5.41, 5.74) is -1.54. The molecule has 1 rings (SSSR count). The molecule has 0 bridgehead atoms. The summed E-state index contributed by atoms with van der Waals surface area (Å²) in [7, 11) is 1.35. The molecule has 17 heavy (non-hydrogen) atoms. The van der Waals surface area contributed by atoms with Crippen LogP contribution in [-0.4, -0.2) is 35.4 Å². The highest BCUT2D eigenvalue weighted by atomic mass is 19.1. The summed E-state index contributed by atoms with van der Waals surface area (Å²) in [6.45, 7) is 0.927. The van der Waals surface area contributed by atoms with Crippen LogP contribution in [0.5, 0.6) is 5.75 Å². The predicted octanol–water partition coefficient (Wildman–Crippen LogP) is 1.08.